The largest absolute Gasteiger partial charge is 0.0837 e. The lowest BCUT2D eigenvalue weighted by atomic mass is 10.1. The zero-order valence-corrected chi connectivity index (χ0v) is 9.81. The van der Waals surface area contributed by atoms with Gasteiger partial charge in [-0.05, 0) is 18.4 Å². The van der Waals surface area contributed by atoms with Crippen molar-refractivity contribution >= 4 is 31.9 Å². The van der Waals surface area contributed by atoms with Crippen molar-refractivity contribution in [1.82, 2.24) is 0 Å². The van der Waals surface area contributed by atoms with Crippen LogP contribution in [0.15, 0.2) is 30.3 Å². The van der Waals surface area contributed by atoms with Gasteiger partial charge in [-0.1, -0.05) is 62.2 Å². The molecule has 0 heterocycles. The van der Waals surface area contributed by atoms with Gasteiger partial charge in [0.25, 0.3) is 0 Å². The fourth-order valence-corrected chi connectivity index (χ4v) is 2.52. The van der Waals surface area contributed by atoms with Gasteiger partial charge in [0.2, 0.25) is 0 Å². The highest BCUT2D eigenvalue weighted by Crippen LogP contribution is 2.57. The second kappa shape index (κ2) is 3.15. The highest BCUT2D eigenvalue weighted by atomic mass is 79.9. The van der Waals surface area contributed by atoms with E-state index in [0.717, 1.165) is 0 Å². The van der Waals surface area contributed by atoms with E-state index in [9.17, 15) is 0 Å². The molecular formula is C10H10Br2. The van der Waals surface area contributed by atoms with Gasteiger partial charge in [-0.25, -0.2) is 0 Å². The van der Waals surface area contributed by atoms with Crippen LogP contribution < -0.4 is 0 Å². The Morgan fingerprint density at radius 2 is 1.75 bits per heavy atom. The molecule has 1 fully saturated rings. The lowest BCUT2D eigenvalue weighted by Gasteiger charge is -2.14. The summed E-state index contributed by atoms with van der Waals surface area (Å²) in [6.45, 7) is 0. The summed E-state index contributed by atoms with van der Waals surface area (Å²) in [6, 6.07) is 10.6. The van der Waals surface area contributed by atoms with Crippen molar-refractivity contribution in [2.24, 2.45) is 0 Å². The summed E-state index contributed by atoms with van der Waals surface area (Å²) >= 11 is 7.47. The lowest BCUT2D eigenvalue weighted by Crippen LogP contribution is -2.05. The highest BCUT2D eigenvalue weighted by Gasteiger charge is 2.46. The Morgan fingerprint density at radius 1 is 1.17 bits per heavy atom. The molecule has 0 saturated heterocycles. The average molecular weight is 290 g/mol. The molecule has 0 aromatic heterocycles. The van der Waals surface area contributed by atoms with Gasteiger partial charge >= 0.3 is 0 Å². The maximum Gasteiger partial charge on any atom is 0.0548 e. The van der Waals surface area contributed by atoms with Crippen LogP contribution >= 0.6 is 31.9 Å². The zero-order chi connectivity index (χ0) is 8.60. The van der Waals surface area contributed by atoms with Crippen LogP contribution in [0.5, 0.6) is 0 Å². The number of hydrogen-bond donors (Lipinski definition) is 0. The van der Waals surface area contributed by atoms with E-state index < -0.39 is 0 Å². The Hall–Kier alpha value is 0.180. The second-order valence-electron chi connectivity index (χ2n) is 3.31. The molecule has 1 atom stereocenters. The van der Waals surface area contributed by atoms with Crippen molar-refractivity contribution in [2.75, 3.05) is 0 Å². The first-order valence-electron chi connectivity index (χ1n) is 4.10. The summed E-state index contributed by atoms with van der Waals surface area (Å²) < 4.78 is 0.342. The molecule has 0 amide bonds. The Kier molecular flexibility index (Phi) is 2.30. The topological polar surface area (TPSA) is 0 Å². The van der Waals surface area contributed by atoms with Crippen molar-refractivity contribution in [3.63, 3.8) is 0 Å². The summed E-state index contributed by atoms with van der Waals surface area (Å²) in [5.41, 5.74) is 1.37. The normalized spacial score (nSPS) is 21.8. The molecule has 0 radical (unpaired) electrons. The SMILES string of the molecule is BrC(c1ccccc1)C1(Br)CC1. The molecule has 0 bridgehead atoms. The molecule has 0 spiro atoms. The zero-order valence-electron chi connectivity index (χ0n) is 6.63. The number of alkyl halides is 2. The summed E-state index contributed by atoms with van der Waals surface area (Å²) in [7, 11) is 0. The van der Waals surface area contributed by atoms with E-state index in [0.29, 0.717) is 9.15 Å². The van der Waals surface area contributed by atoms with Gasteiger partial charge in [0.15, 0.2) is 0 Å². The van der Waals surface area contributed by atoms with Gasteiger partial charge in [-0.15, -0.1) is 0 Å². The van der Waals surface area contributed by atoms with Crippen molar-refractivity contribution in [1.29, 1.82) is 0 Å². The minimum atomic E-state index is 0.342. The van der Waals surface area contributed by atoms with E-state index in [2.05, 4.69) is 62.2 Å². The fourth-order valence-electron chi connectivity index (χ4n) is 1.29. The molecule has 0 aliphatic heterocycles. The van der Waals surface area contributed by atoms with Gasteiger partial charge in [0, 0.05) is 4.32 Å². The molecule has 1 saturated carbocycles. The molecule has 2 rings (SSSR count). The van der Waals surface area contributed by atoms with Crippen LogP contribution in [0.1, 0.15) is 23.2 Å². The van der Waals surface area contributed by atoms with Crippen LogP contribution in [0.2, 0.25) is 0 Å². The summed E-state index contributed by atoms with van der Waals surface area (Å²) in [4.78, 5) is 0.464. The van der Waals surface area contributed by atoms with Gasteiger partial charge in [-0.3, -0.25) is 0 Å². The van der Waals surface area contributed by atoms with Crippen LogP contribution in [0.25, 0.3) is 0 Å². The smallest absolute Gasteiger partial charge is 0.0548 e. The maximum absolute atomic E-state index is 3.74. The standard InChI is InChI=1S/C10H10Br2/c11-9(10(12)6-7-10)8-4-2-1-3-5-8/h1-5,9H,6-7H2. The quantitative estimate of drug-likeness (QED) is 0.721. The summed E-state index contributed by atoms with van der Waals surface area (Å²) in [5.74, 6) is 0. The molecule has 64 valence electrons. The first-order chi connectivity index (χ1) is 5.72. The van der Waals surface area contributed by atoms with Gasteiger partial charge < -0.3 is 0 Å². The van der Waals surface area contributed by atoms with Crippen LogP contribution in [-0.4, -0.2) is 4.32 Å². The molecule has 1 unspecified atom stereocenters. The third kappa shape index (κ3) is 1.60. The summed E-state index contributed by atoms with van der Waals surface area (Å²) in [5, 5.41) is 0. The Bertz CT molecular complexity index is 264. The van der Waals surface area contributed by atoms with Crippen molar-refractivity contribution < 1.29 is 0 Å². The Balaban J connectivity index is 2.20. The first-order valence-corrected chi connectivity index (χ1v) is 5.81. The molecule has 1 aliphatic carbocycles. The van der Waals surface area contributed by atoms with Crippen LogP contribution in [0.3, 0.4) is 0 Å². The van der Waals surface area contributed by atoms with Gasteiger partial charge in [0.05, 0.1) is 4.83 Å². The summed E-state index contributed by atoms with van der Waals surface area (Å²) in [6.07, 6.45) is 2.55. The minimum absolute atomic E-state index is 0.342. The van der Waals surface area contributed by atoms with Gasteiger partial charge in [-0.2, -0.15) is 0 Å². The minimum Gasteiger partial charge on any atom is -0.0837 e. The molecule has 1 aromatic carbocycles. The molecule has 1 aromatic rings. The van der Waals surface area contributed by atoms with E-state index in [-0.39, 0.29) is 0 Å². The molecule has 12 heavy (non-hydrogen) atoms. The number of hydrogen-bond acceptors (Lipinski definition) is 0. The highest BCUT2D eigenvalue weighted by molar-refractivity contribution is 9.12. The van der Waals surface area contributed by atoms with Crippen LogP contribution in [-0.2, 0) is 0 Å². The molecule has 2 heteroatoms. The van der Waals surface area contributed by atoms with E-state index in [1.165, 1.54) is 18.4 Å². The van der Waals surface area contributed by atoms with Crippen molar-refractivity contribution in [2.45, 2.75) is 22.0 Å². The number of benzene rings is 1. The first kappa shape index (κ1) is 8.76. The molecule has 0 nitrogen and oxygen atoms in total. The predicted octanol–water partition coefficient (Wildman–Crippen LogP) is 4.05. The third-order valence-corrected chi connectivity index (χ3v) is 5.54. The van der Waals surface area contributed by atoms with Crippen molar-refractivity contribution in [3.8, 4) is 0 Å². The van der Waals surface area contributed by atoms with Crippen LogP contribution in [0, 0.1) is 0 Å². The van der Waals surface area contributed by atoms with Crippen molar-refractivity contribution in [3.05, 3.63) is 35.9 Å². The van der Waals surface area contributed by atoms with Crippen LogP contribution in [0.4, 0.5) is 0 Å². The third-order valence-electron chi connectivity index (χ3n) is 2.27. The van der Waals surface area contributed by atoms with E-state index in [1.54, 1.807) is 0 Å². The fraction of sp³-hybridized carbons (Fsp3) is 0.400. The molecule has 0 N–H and O–H groups in total. The number of rotatable bonds is 2. The molecular weight excluding hydrogens is 280 g/mol. The van der Waals surface area contributed by atoms with E-state index in [4.69, 9.17) is 0 Å². The monoisotopic (exact) mass is 288 g/mol. The molecule has 1 aliphatic rings. The number of halogens is 2. The lowest BCUT2D eigenvalue weighted by molar-refractivity contribution is 0.896. The Labute approximate surface area is 89.6 Å². The maximum atomic E-state index is 3.74. The predicted molar refractivity (Wildman–Crippen MR) is 59.0 cm³/mol. The van der Waals surface area contributed by atoms with E-state index in [1.807, 2.05) is 0 Å². The van der Waals surface area contributed by atoms with Gasteiger partial charge in [0.1, 0.15) is 0 Å². The Morgan fingerprint density at radius 3 is 2.25 bits per heavy atom. The second-order valence-corrected chi connectivity index (χ2v) is 5.80. The van der Waals surface area contributed by atoms with E-state index >= 15 is 0 Å². The average Bonchev–Trinajstić information content (AvgIpc) is 2.85.